The molecule has 0 atom stereocenters. The van der Waals surface area contributed by atoms with Gasteiger partial charge < -0.3 is 19.5 Å². The largest absolute Gasteiger partial charge is 0.497 e. The normalized spacial score (nSPS) is 10.3. The zero-order chi connectivity index (χ0) is 15.8. The highest BCUT2D eigenvalue weighted by molar-refractivity contribution is 5.42. The van der Waals surface area contributed by atoms with Crippen LogP contribution in [0.4, 0.5) is 0 Å². The first kappa shape index (κ1) is 16.2. The molecule has 0 aliphatic rings. The van der Waals surface area contributed by atoms with Crippen LogP contribution in [0.15, 0.2) is 42.5 Å². The van der Waals surface area contributed by atoms with Gasteiger partial charge in [-0.05, 0) is 49.4 Å². The number of hydrogen-bond acceptors (Lipinski definition) is 3. The lowest BCUT2D eigenvalue weighted by atomic mass is 10.2. The monoisotopic (exact) mass is 302 g/mol. The number of methoxy groups -OCH3 is 2. The third-order valence-corrected chi connectivity index (χ3v) is 3.45. The van der Waals surface area contributed by atoms with E-state index >= 15 is 0 Å². The zero-order valence-corrected chi connectivity index (χ0v) is 13.5. The van der Waals surface area contributed by atoms with Crippen LogP contribution in [0.5, 0.6) is 17.2 Å². The van der Waals surface area contributed by atoms with E-state index in [4.69, 9.17) is 14.2 Å². The Balaban J connectivity index is 1.90. The number of hydrogen-bond donors (Lipinski definition) is 1. The summed E-state index contributed by atoms with van der Waals surface area (Å²) >= 11 is 0. The van der Waals surface area contributed by atoms with Crippen molar-refractivity contribution in [3.8, 4) is 17.2 Å². The Hall–Kier alpha value is -2.20. The summed E-state index contributed by atoms with van der Waals surface area (Å²) in [4.78, 5) is 0. The van der Waals surface area contributed by atoms with E-state index in [0.717, 1.165) is 30.3 Å². The minimum absolute atomic E-state index is 0.638. The van der Waals surface area contributed by atoms with E-state index in [0.29, 0.717) is 6.61 Å². The summed E-state index contributed by atoms with van der Waals surface area (Å²) < 4.78 is 16.1. The summed E-state index contributed by atoms with van der Waals surface area (Å²) in [6.07, 6.45) is 0. The second-order valence-corrected chi connectivity index (χ2v) is 4.96. The Bertz CT molecular complexity index is 581. The molecule has 0 spiro atoms. The van der Waals surface area contributed by atoms with Crippen molar-refractivity contribution in [2.45, 2.75) is 20.0 Å². The van der Waals surface area contributed by atoms with Crippen LogP contribution in [0.25, 0.3) is 0 Å². The van der Waals surface area contributed by atoms with Crippen molar-refractivity contribution in [2.75, 3.05) is 20.8 Å². The Morgan fingerprint density at radius 3 is 2.14 bits per heavy atom. The van der Waals surface area contributed by atoms with Crippen LogP contribution in [0.1, 0.15) is 18.1 Å². The summed E-state index contributed by atoms with van der Waals surface area (Å²) in [5.41, 5.74) is 2.49. The molecule has 2 N–H and O–H groups in total. The molecule has 2 rings (SSSR count). The molecule has 4 heteroatoms. The predicted octanol–water partition coefficient (Wildman–Crippen LogP) is 2.37. The van der Waals surface area contributed by atoms with Gasteiger partial charge in [0.05, 0.1) is 20.8 Å². The summed E-state index contributed by atoms with van der Waals surface area (Å²) in [6.45, 7) is 4.43. The maximum absolute atomic E-state index is 5.53. The van der Waals surface area contributed by atoms with Gasteiger partial charge in [-0.1, -0.05) is 0 Å². The number of nitrogens with two attached hydrogens (primary N) is 1. The molecule has 0 amide bonds. The maximum atomic E-state index is 5.53. The van der Waals surface area contributed by atoms with Gasteiger partial charge in [0.25, 0.3) is 0 Å². The van der Waals surface area contributed by atoms with Crippen molar-refractivity contribution in [3.63, 3.8) is 0 Å². The highest BCUT2D eigenvalue weighted by Gasteiger charge is 2.06. The molecule has 0 saturated heterocycles. The summed E-state index contributed by atoms with van der Waals surface area (Å²) in [6, 6.07) is 14.3. The summed E-state index contributed by atoms with van der Waals surface area (Å²) in [7, 11) is 3.35. The minimum Gasteiger partial charge on any atom is -0.497 e. The van der Waals surface area contributed by atoms with Crippen LogP contribution in [-0.2, 0) is 13.1 Å². The molecule has 2 aromatic carbocycles. The molecule has 0 aromatic heterocycles. The van der Waals surface area contributed by atoms with E-state index in [1.165, 1.54) is 11.1 Å². The lowest BCUT2D eigenvalue weighted by Gasteiger charge is -2.10. The summed E-state index contributed by atoms with van der Waals surface area (Å²) in [5, 5.41) is 2.26. The van der Waals surface area contributed by atoms with Crippen molar-refractivity contribution in [1.82, 2.24) is 0 Å². The van der Waals surface area contributed by atoms with Crippen LogP contribution in [-0.4, -0.2) is 20.8 Å². The molecule has 22 heavy (non-hydrogen) atoms. The molecular weight excluding hydrogens is 278 g/mol. The lowest BCUT2D eigenvalue weighted by molar-refractivity contribution is -0.686. The molecule has 0 unspecified atom stereocenters. The van der Waals surface area contributed by atoms with Crippen LogP contribution < -0.4 is 19.5 Å². The van der Waals surface area contributed by atoms with Gasteiger partial charge in [0.2, 0.25) is 0 Å². The zero-order valence-electron chi connectivity index (χ0n) is 13.5. The van der Waals surface area contributed by atoms with E-state index in [2.05, 4.69) is 23.5 Å². The first-order valence-corrected chi connectivity index (χ1v) is 7.51. The van der Waals surface area contributed by atoms with E-state index in [9.17, 15) is 0 Å². The molecule has 4 nitrogen and oxygen atoms in total. The lowest BCUT2D eigenvalue weighted by Crippen LogP contribution is -2.80. The molecule has 2 aromatic rings. The topological polar surface area (TPSA) is 44.3 Å². The first-order chi connectivity index (χ1) is 10.8. The van der Waals surface area contributed by atoms with Gasteiger partial charge in [-0.2, -0.15) is 0 Å². The molecule has 0 radical (unpaired) electrons. The van der Waals surface area contributed by atoms with Gasteiger partial charge in [-0.3, -0.25) is 0 Å². The molecule has 0 aliphatic carbocycles. The molecule has 0 fully saturated rings. The fraction of sp³-hybridized carbons (Fsp3) is 0.333. The SMILES string of the molecule is CCOc1ccc(C[NH2+]Cc2ccc(OC)cc2)cc1OC. The second kappa shape index (κ2) is 8.29. The Kier molecular flexibility index (Phi) is 6.10. The maximum Gasteiger partial charge on any atom is 0.161 e. The average molecular weight is 302 g/mol. The fourth-order valence-corrected chi connectivity index (χ4v) is 2.28. The fourth-order valence-electron chi connectivity index (χ4n) is 2.28. The molecule has 118 valence electrons. The van der Waals surface area contributed by atoms with Gasteiger partial charge in [-0.25, -0.2) is 0 Å². The number of benzene rings is 2. The van der Waals surface area contributed by atoms with Crippen LogP contribution in [0.2, 0.25) is 0 Å². The highest BCUT2D eigenvalue weighted by Crippen LogP contribution is 2.27. The van der Waals surface area contributed by atoms with E-state index in [1.54, 1.807) is 14.2 Å². The van der Waals surface area contributed by atoms with Crippen LogP contribution in [0, 0.1) is 0 Å². The number of rotatable bonds is 8. The second-order valence-electron chi connectivity index (χ2n) is 4.96. The first-order valence-electron chi connectivity index (χ1n) is 7.51. The Labute approximate surface area is 132 Å². The van der Waals surface area contributed by atoms with Crippen molar-refractivity contribution in [3.05, 3.63) is 53.6 Å². The Morgan fingerprint density at radius 2 is 1.50 bits per heavy atom. The average Bonchev–Trinajstić information content (AvgIpc) is 2.57. The van der Waals surface area contributed by atoms with E-state index in [-0.39, 0.29) is 0 Å². The van der Waals surface area contributed by atoms with Crippen LogP contribution in [0.3, 0.4) is 0 Å². The van der Waals surface area contributed by atoms with Crippen molar-refractivity contribution in [1.29, 1.82) is 0 Å². The van der Waals surface area contributed by atoms with Gasteiger partial charge >= 0.3 is 0 Å². The predicted molar refractivity (Wildman–Crippen MR) is 86.5 cm³/mol. The molecule has 0 bridgehead atoms. The highest BCUT2D eigenvalue weighted by atomic mass is 16.5. The summed E-state index contributed by atoms with van der Waals surface area (Å²) in [5.74, 6) is 2.47. The standard InChI is InChI=1S/C18H23NO3/c1-4-22-17-10-7-15(11-18(17)21-3)13-19-12-14-5-8-16(20-2)9-6-14/h5-11,19H,4,12-13H2,1-3H3/p+1. The molecule has 0 aliphatic heterocycles. The van der Waals surface area contributed by atoms with E-state index in [1.807, 2.05) is 31.2 Å². The molecule has 0 saturated carbocycles. The third-order valence-electron chi connectivity index (χ3n) is 3.45. The van der Waals surface area contributed by atoms with Gasteiger partial charge in [0, 0.05) is 11.1 Å². The molecular formula is C18H24NO3+. The van der Waals surface area contributed by atoms with Crippen molar-refractivity contribution in [2.24, 2.45) is 0 Å². The smallest absolute Gasteiger partial charge is 0.161 e. The van der Waals surface area contributed by atoms with E-state index < -0.39 is 0 Å². The molecule has 0 heterocycles. The Morgan fingerprint density at radius 1 is 0.818 bits per heavy atom. The quantitative estimate of drug-likeness (QED) is 0.814. The van der Waals surface area contributed by atoms with Gasteiger partial charge in [-0.15, -0.1) is 0 Å². The minimum atomic E-state index is 0.638. The van der Waals surface area contributed by atoms with Crippen molar-refractivity contribution >= 4 is 0 Å². The van der Waals surface area contributed by atoms with Crippen LogP contribution >= 0.6 is 0 Å². The van der Waals surface area contributed by atoms with Crippen molar-refractivity contribution < 1.29 is 19.5 Å². The van der Waals surface area contributed by atoms with Gasteiger partial charge in [0.15, 0.2) is 11.5 Å². The van der Waals surface area contributed by atoms with Gasteiger partial charge in [0.1, 0.15) is 18.8 Å². The third kappa shape index (κ3) is 4.40. The number of ether oxygens (including phenoxy) is 3. The number of quaternary nitrogens is 1.